The fourth-order valence-corrected chi connectivity index (χ4v) is 5.28. The minimum Gasteiger partial charge on any atom is -0.309 e. The van der Waals surface area contributed by atoms with Crippen molar-refractivity contribution in [1.29, 1.82) is 5.26 Å². The lowest BCUT2D eigenvalue weighted by molar-refractivity contribution is 1.16. The van der Waals surface area contributed by atoms with Crippen LogP contribution in [0.3, 0.4) is 0 Å². The predicted octanol–water partition coefficient (Wildman–Crippen LogP) is 7.75. The molecule has 0 unspecified atom stereocenters. The van der Waals surface area contributed by atoms with E-state index in [0.29, 0.717) is 5.56 Å². The van der Waals surface area contributed by atoms with E-state index in [-0.39, 0.29) is 0 Å². The summed E-state index contributed by atoms with van der Waals surface area (Å²) < 4.78 is 4.62. The summed E-state index contributed by atoms with van der Waals surface area (Å²) in [6.45, 7) is 0. The second-order valence-electron chi connectivity index (χ2n) is 8.59. The van der Waals surface area contributed by atoms with Crippen molar-refractivity contribution >= 4 is 43.6 Å². The molecular formula is C31H19N3. The summed E-state index contributed by atoms with van der Waals surface area (Å²) in [6, 6.07) is 42.4. The molecule has 5 aromatic carbocycles. The quantitative estimate of drug-likeness (QED) is 0.274. The Labute approximate surface area is 196 Å². The van der Waals surface area contributed by atoms with Gasteiger partial charge in [-0.05, 0) is 60.7 Å². The fraction of sp³-hybridized carbons (Fsp3) is 0. The third kappa shape index (κ3) is 2.57. The highest BCUT2D eigenvalue weighted by molar-refractivity contribution is 6.12. The van der Waals surface area contributed by atoms with Crippen molar-refractivity contribution in [2.45, 2.75) is 0 Å². The molecule has 7 rings (SSSR count). The fourth-order valence-electron chi connectivity index (χ4n) is 5.28. The standard InChI is InChI=1S/C31H19N3/c32-20-21-14-16-30-26(18-21)27-19-23(15-17-31(27)33(30)22-8-2-1-3-9-22)34-28-12-6-4-10-24(28)25-11-5-7-13-29(25)34/h1-19H. The van der Waals surface area contributed by atoms with E-state index < -0.39 is 0 Å². The van der Waals surface area contributed by atoms with Gasteiger partial charge in [-0.25, -0.2) is 0 Å². The number of para-hydroxylation sites is 3. The lowest BCUT2D eigenvalue weighted by Gasteiger charge is -2.10. The molecule has 34 heavy (non-hydrogen) atoms. The molecule has 0 bridgehead atoms. The van der Waals surface area contributed by atoms with E-state index in [2.05, 4.69) is 112 Å². The Morgan fingerprint density at radius 3 is 1.65 bits per heavy atom. The van der Waals surface area contributed by atoms with E-state index in [1.54, 1.807) is 0 Å². The second-order valence-corrected chi connectivity index (χ2v) is 8.59. The molecule has 0 atom stereocenters. The van der Waals surface area contributed by atoms with Crippen LogP contribution >= 0.6 is 0 Å². The van der Waals surface area contributed by atoms with E-state index in [4.69, 9.17) is 0 Å². The summed E-state index contributed by atoms with van der Waals surface area (Å²) in [7, 11) is 0. The van der Waals surface area contributed by atoms with Gasteiger partial charge in [0.1, 0.15) is 0 Å². The Kier molecular flexibility index (Phi) is 3.91. The van der Waals surface area contributed by atoms with Crippen molar-refractivity contribution in [3.8, 4) is 17.4 Å². The van der Waals surface area contributed by atoms with Gasteiger partial charge in [0.25, 0.3) is 0 Å². The monoisotopic (exact) mass is 433 g/mol. The Balaban J connectivity index is 1.60. The van der Waals surface area contributed by atoms with Crippen LogP contribution in [0.5, 0.6) is 0 Å². The van der Waals surface area contributed by atoms with Gasteiger partial charge in [0.2, 0.25) is 0 Å². The number of nitrogens with zero attached hydrogens (tertiary/aromatic N) is 3. The first-order valence-electron chi connectivity index (χ1n) is 11.4. The van der Waals surface area contributed by atoms with E-state index in [1.165, 1.54) is 21.8 Å². The van der Waals surface area contributed by atoms with Crippen LogP contribution < -0.4 is 0 Å². The molecule has 0 radical (unpaired) electrons. The van der Waals surface area contributed by atoms with Gasteiger partial charge in [-0.15, -0.1) is 0 Å². The summed E-state index contributed by atoms with van der Waals surface area (Å²) in [5.41, 5.74) is 7.48. The van der Waals surface area contributed by atoms with Crippen LogP contribution in [0.25, 0.3) is 55.0 Å². The number of hydrogen-bond donors (Lipinski definition) is 0. The number of hydrogen-bond acceptors (Lipinski definition) is 1. The van der Waals surface area contributed by atoms with Crippen molar-refractivity contribution in [2.75, 3.05) is 0 Å². The molecule has 0 N–H and O–H groups in total. The lowest BCUT2D eigenvalue weighted by Crippen LogP contribution is -1.95. The van der Waals surface area contributed by atoms with Gasteiger partial charge >= 0.3 is 0 Å². The van der Waals surface area contributed by atoms with Gasteiger partial charge in [0.15, 0.2) is 0 Å². The van der Waals surface area contributed by atoms with Crippen LogP contribution in [0.4, 0.5) is 0 Å². The molecule has 0 saturated carbocycles. The normalized spacial score (nSPS) is 11.5. The molecule has 7 aromatic rings. The Morgan fingerprint density at radius 2 is 0.971 bits per heavy atom. The van der Waals surface area contributed by atoms with Gasteiger partial charge < -0.3 is 9.13 Å². The molecular weight excluding hydrogens is 414 g/mol. The highest BCUT2D eigenvalue weighted by atomic mass is 15.0. The van der Waals surface area contributed by atoms with Crippen LogP contribution in [0.15, 0.2) is 115 Å². The minimum atomic E-state index is 0.668. The predicted molar refractivity (Wildman–Crippen MR) is 140 cm³/mol. The van der Waals surface area contributed by atoms with Crippen molar-refractivity contribution in [3.05, 3.63) is 121 Å². The van der Waals surface area contributed by atoms with E-state index in [0.717, 1.165) is 33.2 Å². The maximum atomic E-state index is 9.57. The average molecular weight is 434 g/mol. The Hall–Kier alpha value is -4.81. The number of fused-ring (bicyclic) bond motifs is 6. The van der Waals surface area contributed by atoms with Crippen LogP contribution in [0.1, 0.15) is 5.56 Å². The smallest absolute Gasteiger partial charge is 0.0991 e. The lowest BCUT2D eigenvalue weighted by atomic mass is 10.1. The van der Waals surface area contributed by atoms with Crippen LogP contribution in [0.2, 0.25) is 0 Å². The first kappa shape index (κ1) is 18.7. The van der Waals surface area contributed by atoms with Crippen molar-refractivity contribution in [2.24, 2.45) is 0 Å². The van der Waals surface area contributed by atoms with Gasteiger partial charge in [-0.2, -0.15) is 5.26 Å². The molecule has 3 nitrogen and oxygen atoms in total. The average Bonchev–Trinajstić information content (AvgIpc) is 3.41. The molecule has 2 aromatic heterocycles. The van der Waals surface area contributed by atoms with Gasteiger partial charge in [0.05, 0.1) is 33.7 Å². The third-order valence-corrected chi connectivity index (χ3v) is 6.73. The van der Waals surface area contributed by atoms with Gasteiger partial charge in [-0.3, -0.25) is 0 Å². The molecule has 0 aliphatic rings. The molecule has 0 aliphatic heterocycles. The zero-order valence-corrected chi connectivity index (χ0v) is 18.3. The maximum Gasteiger partial charge on any atom is 0.0991 e. The zero-order valence-electron chi connectivity index (χ0n) is 18.3. The van der Waals surface area contributed by atoms with Crippen LogP contribution in [0, 0.1) is 11.3 Å². The number of benzene rings is 5. The van der Waals surface area contributed by atoms with E-state index in [1.807, 2.05) is 18.2 Å². The minimum absolute atomic E-state index is 0.668. The van der Waals surface area contributed by atoms with Crippen LogP contribution in [-0.2, 0) is 0 Å². The summed E-state index contributed by atoms with van der Waals surface area (Å²) in [5.74, 6) is 0. The number of rotatable bonds is 2. The Bertz CT molecular complexity index is 1860. The Morgan fingerprint density at radius 1 is 0.441 bits per heavy atom. The highest BCUT2D eigenvalue weighted by Crippen LogP contribution is 2.37. The van der Waals surface area contributed by atoms with Crippen molar-refractivity contribution in [3.63, 3.8) is 0 Å². The molecule has 158 valence electrons. The molecule has 0 amide bonds. The number of nitriles is 1. The van der Waals surface area contributed by atoms with Gasteiger partial charge in [0, 0.05) is 32.9 Å². The largest absolute Gasteiger partial charge is 0.309 e. The first-order chi connectivity index (χ1) is 16.8. The molecule has 0 fully saturated rings. The van der Waals surface area contributed by atoms with E-state index >= 15 is 0 Å². The summed E-state index contributed by atoms with van der Waals surface area (Å²) in [5, 5.41) is 14.3. The second kappa shape index (κ2) is 7.10. The van der Waals surface area contributed by atoms with Gasteiger partial charge in [-0.1, -0.05) is 54.6 Å². The topological polar surface area (TPSA) is 33.6 Å². The molecule has 0 aliphatic carbocycles. The third-order valence-electron chi connectivity index (χ3n) is 6.73. The molecule has 0 saturated heterocycles. The summed E-state index contributed by atoms with van der Waals surface area (Å²) in [4.78, 5) is 0. The SMILES string of the molecule is N#Cc1ccc2c(c1)c1cc(-n3c4ccccc4c4ccccc43)ccc1n2-c1ccccc1. The highest BCUT2D eigenvalue weighted by Gasteiger charge is 2.16. The molecule has 2 heterocycles. The van der Waals surface area contributed by atoms with Crippen LogP contribution in [-0.4, -0.2) is 9.13 Å². The maximum absolute atomic E-state index is 9.57. The van der Waals surface area contributed by atoms with Crippen molar-refractivity contribution < 1.29 is 0 Å². The first-order valence-corrected chi connectivity index (χ1v) is 11.4. The van der Waals surface area contributed by atoms with Crippen molar-refractivity contribution in [1.82, 2.24) is 9.13 Å². The summed E-state index contributed by atoms with van der Waals surface area (Å²) in [6.07, 6.45) is 0. The molecule has 0 spiro atoms. The number of aromatic nitrogens is 2. The van der Waals surface area contributed by atoms with E-state index in [9.17, 15) is 5.26 Å². The summed E-state index contributed by atoms with van der Waals surface area (Å²) >= 11 is 0. The molecule has 3 heteroatoms. The zero-order chi connectivity index (χ0) is 22.6.